The summed E-state index contributed by atoms with van der Waals surface area (Å²) in [4.78, 5) is 8.67. The normalized spacial score (nSPS) is 16.4. The Kier molecular flexibility index (Phi) is 6.24. The van der Waals surface area contributed by atoms with Crippen LogP contribution in [0.15, 0.2) is 40.2 Å². The van der Waals surface area contributed by atoms with E-state index in [4.69, 9.17) is 0 Å². The molecular formula is C17H20F3N3S2. The number of anilines is 1. The maximum Gasteiger partial charge on any atom is 0.416 e. The maximum atomic E-state index is 12.8. The lowest BCUT2D eigenvalue weighted by molar-refractivity contribution is -0.137. The molecule has 0 amide bonds. The van der Waals surface area contributed by atoms with E-state index in [0.717, 1.165) is 55.3 Å². The van der Waals surface area contributed by atoms with Crippen LogP contribution in [0.4, 0.5) is 18.9 Å². The molecule has 0 atom stereocenters. The number of thioether (sulfide) groups is 1. The summed E-state index contributed by atoms with van der Waals surface area (Å²) in [6.07, 6.45) is -1.37. The number of thiazole rings is 1. The van der Waals surface area contributed by atoms with Crippen LogP contribution in [0.2, 0.25) is 0 Å². The van der Waals surface area contributed by atoms with Crippen molar-refractivity contribution in [2.24, 2.45) is 0 Å². The first-order chi connectivity index (χ1) is 12.0. The molecule has 1 aliphatic heterocycles. The van der Waals surface area contributed by atoms with Gasteiger partial charge in [0.15, 0.2) is 0 Å². The van der Waals surface area contributed by atoms with Gasteiger partial charge in [0.25, 0.3) is 0 Å². The van der Waals surface area contributed by atoms with E-state index in [9.17, 15) is 13.2 Å². The number of aromatic nitrogens is 1. The molecule has 0 spiro atoms. The lowest BCUT2D eigenvalue weighted by atomic mass is 10.1. The van der Waals surface area contributed by atoms with Crippen LogP contribution in [0.25, 0.3) is 0 Å². The van der Waals surface area contributed by atoms with Crippen LogP contribution < -0.4 is 4.90 Å². The number of halogens is 3. The Morgan fingerprint density at radius 3 is 2.64 bits per heavy atom. The Morgan fingerprint density at radius 2 is 1.96 bits per heavy atom. The average molecular weight is 387 g/mol. The van der Waals surface area contributed by atoms with Crippen molar-refractivity contribution in [3.63, 3.8) is 0 Å². The zero-order valence-corrected chi connectivity index (χ0v) is 15.3. The summed E-state index contributed by atoms with van der Waals surface area (Å²) in [5, 5.41) is 1.98. The van der Waals surface area contributed by atoms with Crippen molar-refractivity contribution in [2.45, 2.75) is 16.9 Å². The summed E-state index contributed by atoms with van der Waals surface area (Å²) in [6, 6.07) is 5.62. The van der Waals surface area contributed by atoms with E-state index < -0.39 is 11.7 Å². The monoisotopic (exact) mass is 387 g/mol. The van der Waals surface area contributed by atoms with E-state index in [1.165, 1.54) is 12.1 Å². The van der Waals surface area contributed by atoms with Gasteiger partial charge in [-0.25, -0.2) is 4.98 Å². The summed E-state index contributed by atoms with van der Waals surface area (Å²) in [7, 11) is 0. The molecule has 0 unspecified atom stereocenters. The topological polar surface area (TPSA) is 19.4 Å². The van der Waals surface area contributed by atoms with E-state index in [2.05, 4.69) is 9.88 Å². The molecule has 1 aliphatic rings. The summed E-state index contributed by atoms with van der Waals surface area (Å²) in [6.45, 7) is 4.33. The van der Waals surface area contributed by atoms with Gasteiger partial charge < -0.3 is 4.90 Å². The van der Waals surface area contributed by atoms with E-state index in [-0.39, 0.29) is 0 Å². The molecule has 3 rings (SSSR count). The van der Waals surface area contributed by atoms with E-state index in [0.29, 0.717) is 5.69 Å². The molecule has 25 heavy (non-hydrogen) atoms. The molecule has 0 saturated carbocycles. The summed E-state index contributed by atoms with van der Waals surface area (Å²) in [5.41, 5.74) is 0.0837. The molecule has 2 heterocycles. The van der Waals surface area contributed by atoms with Crippen molar-refractivity contribution in [3.05, 3.63) is 41.4 Å². The molecule has 0 N–H and O–H groups in total. The fourth-order valence-corrected chi connectivity index (χ4v) is 4.47. The summed E-state index contributed by atoms with van der Waals surface area (Å²) >= 11 is 3.44. The number of alkyl halides is 3. The molecule has 0 bridgehead atoms. The molecule has 8 heteroatoms. The number of hydrogen-bond donors (Lipinski definition) is 0. The molecule has 1 aromatic heterocycles. The first kappa shape index (κ1) is 18.5. The van der Waals surface area contributed by atoms with Crippen molar-refractivity contribution < 1.29 is 13.2 Å². The molecule has 0 aliphatic carbocycles. The number of rotatable bonds is 6. The van der Waals surface area contributed by atoms with Gasteiger partial charge in [-0.1, -0.05) is 17.8 Å². The van der Waals surface area contributed by atoms with Gasteiger partial charge in [-0.15, -0.1) is 11.3 Å². The minimum absolute atomic E-state index is 0.577. The van der Waals surface area contributed by atoms with Crippen LogP contribution in [0.5, 0.6) is 0 Å². The highest BCUT2D eigenvalue weighted by Crippen LogP contribution is 2.31. The molecule has 1 aromatic carbocycles. The molecular weight excluding hydrogens is 367 g/mol. The molecule has 1 saturated heterocycles. The van der Waals surface area contributed by atoms with Gasteiger partial charge in [-0.3, -0.25) is 4.90 Å². The number of benzene rings is 1. The maximum absolute atomic E-state index is 12.8. The van der Waals surface area contributed by atoms with Crippen molar-refractivity contribution in [1.29, 1.82) is 0 Å². The summed E-state index contributed by atoms with van der Waals surface area (Å²) in [5.74, 6) is 1.04. The lowest BCUT2D eigenvalue weighted by Crippen LogP contribution is -2.46. The van der Waals surface area contributed by atoms with Gasteiger partial charge in [-0.05, 0) is 31.2 Å². The van der Waals surface area contributed by atoms with Gasteiger partial charge in [0.2, 0.25) is 0 Å². The van der Waals surface area contributed by atoms with E-state index in [1.54, 1.807) is 29.2 Å². The van der Waals surface area contributed by atoms with Crippen LogP contribution in [-0.2, 0) is 6.18 Å². The molecule has 2 aromatic rings. The second kappa shape index (κ2) is 8.42. The number of nitrogens with zero attached hydrogens (tertiary/aromatic N) is 3. The fraction of sp³-hybridized carbons (Fsp3) is 0.471. The second-order valence-corrected chi connectivity index (χ2v) is 8.11. The Bertz CT molecular complexity index is 653. The molecule has 1 fully saturated rings. The smallest absolute Gasteiger partial charge is 0.369 e. The molecule has 136 valence electrons. The predicted molar refractivity (Wildman–Crippen MR) is 97.6 cm³/mol. The highest BCUT2D eigenvalue weighted by Gasteiger charge is 2.31. The SMILES string of the molecule is FC(F)(F)c1cccc(N2CCN(CCCSc3nccs3)CC2)c1. The Morgan fingerprint density at radius 1 is 1.16 bits per heavy atom. The van der Waals surface area contributed by atoms with Crippen LogP contribution >= 0.6 is 23.1 Å². The standard InChI is InChI=1S/C17H20F3N3S2/c18-17(19,20)14-3-1-4-15(13-14)23-9-7-22(8-10-23)6-2-11-24-16-21-5-12-25-16/h1,3-5,12-13H,2,6-11H2. The minimum Gasteiger partial charge on any atom is -0.369 e. The van der Waals surface area contributed by atoms with E-state index in [1.807, 2.05) is 16.5 Å². The zero-order chi connectivity index (χ0) is 17.7. The van der Waals surface area contributed by atoms with Gasteiger partial charge >= 0.3 is 6.18 Å². The zero-order valence-electron chi connectivity index (χ0n) is 13.7. The summed E-state index contributed by atoms with van der Waals surface area (Å²) < 4.78 is 39.6. The average Bonchev–Trinajstić information content (AvgIpc) is 3.12. The van der Waals surface area contributed by atoms with Crippen LogP contribution in [0, 0.1) is 0 Å². The molecule has 0 radical (unpaired) electrons. The largest absolute Gasteiger partial charge is 0.416 e. The first-order valence-electron chi connectivity index (χ1n) is 8.19. The van der Waals surface area contributed by atoms with Crippen LogP contribution in [-0.4, -0.2) is 48.4 Å². The van der Waals surface area contributed by atoms with Gasteiger partial charge in [0.05, 0.1) is 5.56 Å². The Balaban J connectivity index is 1.42. The fourth-order valence-electron chi connectivity index (χ4n) is 2.84. The minimum atomic E-state index is -4.28. The highest BCUT2D eigenvalue weighted by atomic mass is 32.2. The van der Waals surface area contributed by atoms with Crippen LogP contribution in [0.3, 0.4) is 0 Å². The third kappa shape index (κ3) is 5.36. The lowest BCUT2D eigenvalue weighted by Gasteiger charge is -2.36. The Hall–Kier alpha value is -1.25. The van der Waals surface area contributed by atoms with Crippen LogP contribution in [0.1, 0.15) is 12.0 Å². The second-order valence-electron chi connectivity index (χ2n) is 5.88. The number of piperazine rings is 1. The van der Waals surface area contributed by atoms with Crippen molar-refractivity contribution in [2.75, 3.05) is 43.4 Å². The first-order valence-corrected chi connectivity index (χ1v) is 10.1. The van der Waals surface area contributed by atoms with Crippen molar-refractivity contribution in [1.82, 2.24) is 9.88 Å². The van der Waals surface area contributed by atoms with Gasteiger partial charge in [0, 0.05) is 49.2 Å². The molecule has 3 nitrogen and oxygen atoms in total. The van der Waals surface area contributed by atoms with E-state index >= 15 is 0 Å². The van der Waals surface area contributed by atoms with Gasteiger partial charge in [-0.2, -0.15) is 13.2 Å². The number of hydrogen-bond acceptors (Lipinski definition) is 5. The Labute approximate surface area is 153 Å². The van der Waals surface area contributed by atoms with Gasteiger partial charge in [0.1, 0.15) is 4.34 Å². The predicted octanol–water partition coefficient (Wildman–Crippen LogP) is 4.47. The quantitative estimate of drug-likeness (QED) is 0.538. The van der Waals surface area contributed by atoms with Crippen molar-refractivity contribution >= 4 is 28.8 Å². The highest BCUT2D eigenvalue weighted by molar-refractivity contribution is 8.00. The third-order valence-electron chi connectivity index (χ3n) is 4.16. The third-order valence-corrected chi connectivity index (χ3v) is 6.22. The van der Waals surface area contributed by atoms with Crippen molar-refractivity contribution in [3.8, 4) is 0 Å².